The summed E-state index contributed by atoms with van der Waals surface area (Å²) in [5, 5.41) is 6.70. The summed E-state index contributed by atoms with van der Waals surface area (Å²) >= 11 is 0. The number of hydrogen-bond acceptors (Lipinski definition) is 4. The van der Waals surface area contributed by atoms with Gasteiger partial charge in [-0.25, -0.2) is 4.98 Å². The Kier molecular flexibility index (Phi) is 2.92. The lowest BCUT2D eigenvalue weighted by atomic mass is 10.1. The minimum atomic E-state index is -4.31. The predicted octanol–water partition coefficient (Wildman–Crippen LogP) is 1.90. The zero-order valence-corrected chi connectivity index (χ0v) is 10.6. The molecule has 110 valence electrons. The van der Waals surface area contributed by atoms with Gasteiger partial charge in [0.05, 0.1) is 22.7 Å². The van der Waals surface area contributed by atoms with E-state index < -0.39 is 24.4 Å². The Morgan fingerprint density at radius 3 is 2.67 bits per heavy atom. The highest BCUT2D eigenvalue weighted by molar-refractivity contribution is 6.25. The topological polar surface area (TPSA) is 79.0 Å². The molecule has 6 nitrogen and oxygen atoms in total. The van der Waals surface area contributed by atoms with Crippen molar-refractivity contribution in [3.05, 3.63) is 23.5 Å². The van der Waals surface area contributed by atoms with Gasteiger partial charge in [0, 0.05) is 19.2 Å². The van der Waals surface area contributed by atoms with Crippen molar-refractivity contribution < 1.29 is 22.8 Å². The maximum Gasteiger partial charge on any atom is 0.389 e. The number of rotatable bonds is 3. The molecule has 0 aliphatic carbocycles. The third kappa shape index (κ3) is 2.24. The van der Waals surface area contributed by atoms with Crippen molar-refractivity contribution in [1.29, 1.82) is 0 Å². The second-order valence-electron chi connectivity index (χ2n) is 4.66. The highest BCUT2D eigenvalue weighted by Crippen LogP contribution is 2.29. The Labute approximate surface area is 115 Å². The van der Waals surface area contributed by atoms with Gasteiger partial charge in [-0.2, -0.15) is 18.3 Å². The summed E-state index contributed by atoms with van der Waals surface area (Å²) in [5.74, 6) is -1.22. The number of imide groups is 1. The molecule has 0 atom stereocenters. The van der Waals surface area contributed by atoms with Gasteiger partial charge in [-0.15, -0.1) is 0 Å². The second-order valence-corrected chi connectivity index (χ2v) is 4.66. The highest BCUT2D eigenvalue weighted by atomic mass is 19.4. The number of nitrogens with zero attached hydrogens (tertiary/aromatic N) is 3. The number of alkyl halides is 3. The van der Waals surface area contributed by atoms with Crippen LogP contribution in [0.3, 0.4) is 0 Å². The van der Waals surface area contributed by atoms with Crippen molar-refractivity contribution in [2.45, 2.75) is 19.0 Å². The van der Waals surface area contributed by atoms with E-state index in [0.717, 1.165) is 4.90 Å². The van der Waals surface area contributed by atoms with Gasteiger partial charge < -0.3 is 0 Å². The van der Waals surface area contributed by atoms with Crippen molar-refractivity contribution in [2.24, 2.45) is 0 Å². The van der Waals surface area contributed by atoms with Gasteiger partial charge in [-0.3, -0.25) is 19.6 Å². The van der Waals surface area contributed by atoms with Gasteiger partial charge in [0.15, 0.2) is 5.65 Å². The van der Waals surface area contributed by atoms with Gasteiger partial charge in [0.2, 0.25) is 0 Å². The Morgan fingerprint density at radius 1 is 1.19 bits per heavy atom. The van der Waals surface area contributed by atoms with Gasteiger partial charge in [-0.05, 0) is 6.42 Å². The third-order valence-corrected chi connectivity index (χ3v) is 3.26. The van der Waals surface area contributed by atoms with Crippen molar-refractivity contribution in [2.75, 3.05) is 6.54 Å². The van der Waals surface area contributed by atoms with Crippen LogP contribution in [0.25, 0.3) is 11.0 Å². The fourth-order valence-electron chi connectivity index (χ4n) is 2.31. The summed E-state index contributed by atoms with van der Waals surface area (Å²) in [6, 6.07) is 0. The quantitative estimate of drug-likeness (QED) is 0.878. The zero-order valence-electron chi connectivity index (χ0n) is 10.6. The number of aromatic nitrogens is 3. The molecule has 2 aromatic rings. The number of carbonyl (C=O) groups is 2. The van der Waals surface area contributed by atoms with Crippen LogP contribution >= 0.6 is 0 Å². The Bertz CT molecular complexity index is 738. The molecule has 1 N–H and O–H groups in total. The number of fused-ring (bicyclic) bond motifs is 3. The SMILES string of the molecule is O=C1c2cnc3[nH]ncc3c2C(=O)N1CCCC(F)(F)F. The molecule has 0 aromatic carbocycles. The first-order chi connectivity index (χ1) is 9.88. The van der Waals surface area contributed by atoms with Gasteiger partial charge in [-0.1, -0.05) is 0 Å². The molecule has 0 saturated carbocycles. The molecule has 0 spiro atoms. The number of amides is 2. The molecule has 21 heavy (non-hydrogen) atoms. The number of pyridine rings is 1. The lowest BCUT2D eigenvalue weighted by Crippen LogP contribution is -2.31. The van der Waals surface area contributed by atoms with Crippen LogP contribution in [-0.2, 0) is 0 Å². The van der Waals surface area contributed by atoms with E-state index >= 15 is 0 Å². The minimum Gasteiger partial charge on any atom is -0.274 e. The minimum absolute atomic E-state index is 0.0981. The smallest absolute Gasteiger partial charge is 0.274 e. The molecule has 3 heterocycles. The summed E-state index contributed by atoms with van der Waals surface area (Å²) in [5.41, 5.74) is 0.596. The molecule has 1 aliphatic rings. The number of H-pyrrole nitrogens is 1. The van der Waals surface area contributed by atoms with Crippen molar-refractivity contribution in [3.63, 3.8) is 0 Å². The van der Waals surface area contributed by atoms with Crippen LogP contribution in [0.2, 0.25) is 0 Å². The molecule has 3 rings (SSSR count). The Morgan fingerprint density at radius 2 is 1.95 bits per heavy atom. The predicted molar refractivity (Wildman–Crippen MR) is 64.5 cm³/mol. The Balaban J connectivity index is 1.87. The molecule has 0 saturated heterocycles. The molecule has 9 heteroatoms. The maximum atomic E-state index is 12.2. The molecule has 1 aliphatic heterocycles. The number of carbonyl (C=O) groups excluding carboxylic acids is 2. The largest absolute Gasteiger partial charge is 0.389 e. The maximum absolute atomic E-state index is 12.2. The van der Waals surface area contributed by atoms with Crippen LogP contribution in [0.15, 0.2) is 12.4 Å². The standard InChI is InChI=1S/C12H9F3N4O2/c13-12(14,15)2-1-3-19-10(20)7-4-16-9-6(5-17-18-9)8(7)11(19)21/h4-5H,1-3H2,(H,16,17,18). The fourth-order valence-corrected chi connectivity index (χ4v) is 2.31. The second kappa shape index (κ2) is 4.54. The molecule has 2 amide bonds. The summed E-state index contributed by atoms with van der Waals surface area (Å²) in [4.78, 5) is 29.1. The Hall–Kier alpha value is -2.45. The molecule has 2 aromatic heterocycles. The summed E-state index contributed by atoms with van der Waals surface area (Å²) in [6.45, 7) is -0.273. The van der Waals surface area contributed by atoms with Gasteiger partial charge in [0.1, 0.15) is 0 Å². The van der Waals surface area contributed by atoms with Crippen LogP contribution in [0.4, 0.5) is 13.2 Å². The molecular weight excluding hydrogens is 289 g/mol. The van der Waals surface area contributed by atoms with Crippen molar-refractivity contribution >= 4 is 22.8 Å². The monoisotopic (exact) mass is 298 g/mol. The van der Waals surface area contributed by atoms with Crippen LogP contribution < -0.4 is 0 Å². The lowest BCUT2D eigenvalue weighted by molar-refractivity contribution is -0.135. The van der Waals surface area contributed by atoms with E-state index in [1.54, 1.807) is 0 Å². The fraction of sp³-hybridized carbons (Fsp3) is 0.333. The van der Waals surface area contributed by atoms with Crippen LogP contribution in [0.1, 0.15) is 33.6 Å². The highest BCUT2D eigenvalue weighted by Gasteiger charge is 2.38. The van der Waals surface area contributed by atoms with Crippen LogP contribution in [0, 0.1) is 0 Å². The average molecular weight is 298 g/mol. The molecule has 0 radical (unpaired) electrons. The first-order valence-electron chi connectivity index (χ1n) is 6.13. The normalized spacial score (nSPS) is 15.1. The first kappa shape index (κ1) is 13.5. The molecule has 0 fully saturated rings. The summed E-state index contributed by atoms with van der Waals surface area (Å²) < 4.78 is 36.4. The van der Waals surface area contributed by atoms with Gasteiger partial charge >= 0.3 is 6.18 Å². The number of halogens is 3. The number of aromatic amines is 1. The average Bonchev–Trinajstić information content (AvgIpc) is 2.95. The van der Waals surface area contributed by atoms with Crippen LogP contribution in [0.5, 0.6) is 0 Å². The van der Waals surface area contributed by atoms with E-state index in [9.17, 15) is 22.8 Å². The lowest BCUT2D eigenvalue weighted by Gasteiger charge is -2.14. The molecule has 0 unspecified atom stereocenters. The summed E-state index contributed by atoms with van der Waals surface area (Å²) in [6.07, 6.45) is -3.07. The zero-order chi connectivity index (χ0) is 15.2. The van der Waals surface area contributed by atoms with Crippen molar-refractivity contribution in [3.8, 4) is 0 Å². The third-order valence-electron chi connectivity index (χ3n) is 3.26. The van der Waals surface area contributed by atoms with Gasteiger partial charge in [0.25, 0.3) is 11.8 Å². The molecule has 0 bridgehead atoms. The van der Waals surface area contributed by atoms with Crippen LogP contribution in [-0.4, -0.2) is 44.6 Å². The summed E-state index contributed by atoms with van der Waals surface area (Å²) in [7, 11) is 0. The van der Waals surface area contributed by atoms with E-state index in [4.69, 9.17) is 0 Å². The van der Waals surface area contributed by atoms with E-state index in [2.05, 4.69) is 15.2 Å². The first-order valence-corrected chi connectivity index (χ1v) is 6.13. The number of nitrogens with one attached hydrogen (secondary N) is 1. The van der Waals surface area contributed by atoms with E-state index in [1.807, 2.05) is 0 Å². The molecular formula is C12H9F3N4O2. The van der Waals surface area contributed by atoms with E-state index in [1.165, 1.54) is 12.4 Å². The van der Waals surface area contributed by atoms with Crippen molar-refractivity contribution in [1.82, 2.24) is 20.1 Å². The van der Waals surface area contributed by atoms with E-state index in [-0.39, 0.29) is 24.1 Å². The number of hydrogen-bond donors (Lipinski definition) is 1. The van der Waals surface area contributed by atoms with E-state index in [0.29, 0.717) is 11.0 Å².